The lowest BCUT2D eigenvalue weighted by Crippen LogP contribution is -2.20. The maximum atomic E-state index is 12.8. The normalized spacial score (nSPS) is 20.4. The van der Waals surface area contributed by atoms with Crippen molar-refractivity contribution in [2.75, 3.05) is 5.32 Å². The first-order valence-corrected chi connectivity index (χ1v) is 3.84. The van der Waals surface area contributed by atoms with Gasteiger partial charge in [-0.15, -0.1) is 0 Å². The number of para-hydroxylation sites is 1. The van der Waals surface area contributed by atoms with Gasteiger partial charge in [0.05, 0.1) is 0 Å². The molecule has 2 rings (SSSR count). The van der Waals surface area contributed by atoms with Crippen LogP contribution in [0.2, 0.25) is 0 Å². The van der Waals surface area contributed by atoms with E-state index in [2.05, 4.69) is 10.3 Å². The number of rotatable bonds is 0. The summed E-state index contributed by atoms with van der Waals surface area (Å²) >= 11 is 0. The summed E-state index contributed by atoms with van der Waals surface area (Å²) in [6.45, 7) is 0. The van der Waals surface area contributed by atoms with Crippen LogP contribution in [0.4, 0.5) is 10.1 Å². The number of halogens is 1. The molecule has 0 saturated carbocycles. The zero-order valence-corrected chi connectivity index (χ0v) is 6.70. The van der Waals surface area contributed by atoms with Crippen LogP contribution in [-0.2, 0) is 4.79 Å². The highest BCUT2D eigenvalue weighted by Crippen LogP contribution is 2.16. The van der Waals surface area contributed by atoms with Crippen molar-refractivity contribution in [3.05, 3.63) is 29.8 Å². The minimum atomic E-state index is -1.80. The molecule has 1 aliphatic rings. The van der Waals surface area contributed by atoms with Gasteiger partial charge in [-0.05, 0) is 6.07 Å². The Morgan fingerprint density at radius 2 is 2.15 bits per heavy atom. The maximum absolute atomic E-state index is 12.8. The molecule has 1 unspecified atom stereocenters. The van der Waals surface area contributed by atoms with Gasteiger partial charge in [-0.3, -0.25) is 4.79 Å². The first-order chi connectivity index (χ1) is 6.27. The van der Waals surface area contributed by atoms with Crippen molar-refractivity contribution in [2.24, 2.45) is 4.99 Å². The fourth-order valence-electron chi connectivity index (χ4n) is 1.13. The van der Waals surface area contributed by atoms with Gasteiger partial charge >= 0.3 is 0 Å². The summed E-state index contributed by atoms with van der Waals surface area (Å²) in [5, 5.41) is 2.43. The van der Waals surface area contributed by atoms with E-state index in [1.807, 2.05) is 0 Å². The van der Waals surface area contributed by atoms with Gasteiger partial charge in [-0.2, -0.15) is 0 Å². The van der Waals surface area contributed by atoms with E-state index in [0.717, 1.165) is 5.56 Å². The highest BCUT2D eigenvalue weighted by Gasteiger charge is 2.18. The van der Waals surface area contributed by atoms with E-state index in [1.54, 1.807) is 24.3 Å². The predicted octanol–water partition coefficient (Wildman–Crippen LogP) is 1.35. The van der Waals surface area contributed by atoms with E-state index in [9.17, 15) is 9.18 Å². The van der Waals surface area contributed by atoms with Crippen molar-refractivity contribution in [1.82, 2.24) is 0 Å². The minimum Gasteiger partial charge on any atom is -0.321 e. The smallest absolute Gasteiger partial charge is 0.281 e. The average molecular weight is 178 g/mol. The SMILES string of the molecule is O=C1Nc2ccccc2C=NC1F. The third-order valence-corrected chi connectivity index (χ3v) is 1.78. The second-order valence-corrected chi connectivity index (χ2v) is 2.69. The van der Waals surface area contributed by atoms with Crippen LogP contribution in [0, 0.1) is 0 Å². The first-order valence-electron chi connectivity index (χ1n) is 3.84. The summed E-state index contributed by atoms with van der Waals surface area (Å²) in [4.78, 5) is 14.4. The second kappa shape index (κ2) is 2.97. The number of hydrogen-bond donors (Lipinski definition) is 1. The number of aliphatic imine (C=N–C) groups is 1. The van der Waals surface area contributed by atoms with Gasteiger partial charge in [-0.25, -0.2) is 9.38 Å². The highest BCUT2D eigenvalue weighted by atomic mass is 19.1. The number of benzene rings is 1. The number of nitrogens with zero attached hydrogens (tertiary/aromatic N) is 1. The molecule has 0 bridgehead atoms. The summed E-state index contributed by atoms with van der Waals surface area (Å²) in [5.74, 6) is -0.721. The molecule has 0 radical (unpaired) electrons. The van der Waals surface area contributed by atoms with Gasteiger partial charge in [0.15, 0.2) is 0 Å². The Hall–Kier alpha value is -1.71. The van der Waals surface area contributed by atoms with Crippen molar-refractivity contribution < 1.29 is 9.18 Å². The van der Waals surface area contributed by atoms with Crippen LogP contribution in [0.5, 0.6) is 0 Å². The van der Waals surface area contributed by atoms with Gasteiger partial charge in [-0.1, -0.05) is 18.2 Å². The molecule has 1 N–H and O–H groups in total. The van der Waals surface area contributed by atoms with Gasteiger partial charge < -0.3 is 5.32 Å². The van der Waals surface area contributed by atoms with E-state index >= 15 is 0 Å². The third-order valence-electron chi connectivity index (χ3n) is 1.78. The van der Waals surface area contributed by atoms with Crippen molar-refractivity contribution in [2.45, 2.75) is 6.30 Å². The molecule has 1 heterocycles. The Bertz CT molecular complexity index is 376. The Balaban J connectivity index is 2.46. The number of fused-ring (bicyclic) bond motifs is 1. The molecule has 0 aliphatic carbocycles. The Morgan fingerprint density at radius 1 is 1.38 bits per heavy atom. The average Bonchev–Trinajstić information content (AvgIpc) is 2.28. The van der Waals surface area contributed by atoms with Gasteiger partial charge in [0.2, 0.25) is 0 Å². The molecule has 4 heteroatoms. The van der Waals surface area contributed by atoms with E-state index < -0.39 is 12.2 Å². The number of carbonyl (C=O) groups is 1. The van der Waals surface area contributed by atoms with Crippen molar-refractivity contribution in [3.8, 4) is 0 Å². The Kier molecular flexibility index (Phi) is 1.81. The standard InChI is InChI=1S/C9H7FN2O/c10-8-9(13)12-7-4-2-1-3-6(7)5-11-8/h1-5,8H,(H,12,13). The van der Waals surface area contributed by atoms with Gasteiger partial charge in [0, 0.05) is 17.5 Å². The summed E-state index contributed by atoms with van der Waals surface area (Å²) in [6.07, 6.45) is -0.440. The molecular weight excluding hydrogens is 171 g/mol. The largest absolute Gasteiger partial charge is 0.321 e. The molecule has 0 fully saturated rings. The Morgan fingerprint density at radius 3 is 3.00 bits per heavy atom. The predicted molar refractivity (Wildman–Crippen MR) is 47.6 cm³/mol. The molecule has 3 nitrogen and oxygen atoms in total. The van der Waals surface area contributed by atoms with Crippen LogP contribution in [0.3, 0.4) is 0 Å². The number of alkyl halides is 1. The van der Waals surface area contributed by atoms with Crippen LogP contribution in [-0.4, -0.2) is 18.4 Å². The lowest BCUT2D eigenvalue weighted by Gasteiger charge is -2.03. The van der Waals surface area contributed by atoms with E-state index in [0.29, 0.717) is 5.69 Å². The number of nitrogens with one attached hydrogen (secondary N) is 1. The quantitative estimate of drug-likeness (QED) is 0.598. The minimum absolute atomic E-state index is 0.594. The Labute approximate surface area is 74.3 Å². The van der Waals surface area contributed by atoms with E-state index in [4.69, 9.17) is 0 Å². The van der Waals surface area contributed by atoms with Crippen LogP contribution >= 0.6 is 0 Å². The molecule has 1 amide bonds. The molecule has 0 saturated heterocycles. The van der Waals surface area contributed by atoms with Gasteiger partial charge in [0.25, 0.3) is 12.2 Å². The number of carbonyl (C=O) groups excluding carboxylic acids is 1. The van der Waals surface area contributed by atoms with E-state index in [1.165, 1.54) is 6.21 Å². The van der Waals surface area contributed by atoms with Crippen LogP contribution in [0.25, 0.3) is 0 Å². The first kappa shape index (κ1) is 7.91. The highest BCUT2D eigenvalue weighted by molar-refractivity contribution is 6.02. The lowest BCUT2D eigenvalue weighted by atomic mass is 10.2. The summed E-state index contributed by atoms with van der Waals surface area (Å²) in [7, 11) is 0. The van der Waals surface area contributed by atoms with Crippen LogP contribution in [0.1, 0.15) is 5.56 Å². The topological polar surface area (TPSA) is 41.5 Å². The molecule has 1 atom stereocenters. The molecule has 0 aromatic heterocycles. The molecule has 0 spiro atoms. The van der Waals surface area contributed by atoms with Crippen LogP contribution in [0.15, 0.2) is 29.3 Å². The lowest BCUT2D eigenvalue weighted by molar-refractivity contribution is -0.120. The summed E-state index contributed by atoms with van der Waals surface area (Å²) < 4.78 is 12.8. The number of hydrogen-bond acceptors (Lipinski definition) is 2. The van der Waals surface area contributed by atoms with E-state index in [-0.39, 0.29) is 0 Å². The van der Waals surface area contributed by atoms with Gasteiger partial charge in [0.1, 0.15) is 0 Å². The molecule has 13 heavy (non-hydrogen) atoms. The van der Waals surface area contributed by atoms with Crippen molar-refractivity contribution >= 4 is 17.8 Å². The summed E-state index contributed by atoms with van der Waals surface area (Å²) in [6, 6.07) is 7.04. The fraction of sp³-hybridized carbons (Fsp3) is 0.111. The number of anilines is 1. The molecule has 1 aromatic rings. The van der Waals surface area contributed by atoms with Crippen LogP contribution < -0.4 is 5.32 Å². The number of benzodiazepines with no additional fused rings is 1. The molecule has 1 aromatic carbocycles. The zero-order chi connectivity index (χ0) is 9.26. The molecule has 1 aliphatic heterocycles. The fourth-order valence-corrected chi connectivity index (χ4v) is 1.13. The summed E-state index contributed by atoms with van der Waals surface area (Å²) in [5.41, 5.74) is 1.31. The second-order valence-electron chi connectivity index (χ2n) is 2.69. The zero-order valence-electron chi connectivity index (χ0n) is 6.70. The number of amides is 1. The monoisotopic (exact) mass is 178 g/mol. The maximum Gasteiger partial charge on any atom is 0.281 e. The van der Waals surface area contributed by atoms with Crippen molar-refractivity contribution in [3.63, 3.8) is 0 Å². The molecule has 66 valence electrons. The van der Waals surface area contributed by atoms with Crippen molar-refractivity contribution in [1.29, 1.82) is 0 Å². The third kappa shape index (κ3) is 1.42. The molecular formula is C9H7FN2O.